The van der Waals surface area contributed by atoms with Crippen LogP contribution < -0.4 is 25.4 Å². The molecule has 1 amide bonds. The molecule has 2 aromatic rings. The van der Waals surface area contributed by atoms with Gasteiger partial charge in [0.1, 0.15) is 11.5 Å². The van der Waals surface area contributed by atoms with Crippen LogP contribution in [0.25, 0.3) is 0 Å². The molecule has 0 fully saturated rings. The number of ether oxygens (including phenoxy) is 2. The highest BCUT2D eigenvalue weighted by Gasteiger charge is 2.06. The third kappa shape index (κ3) is 8.58. The predicted octanol–water partition coefficient (Wildman–Crippen LogP) is 3.16. The maximum atomic E-state index is 11.6. The Labute approximate surface area is 185 Å². The van der Waals surface area contributed by atoms with Crippen molar-refractivity contribution in [2.45, 2.75) is 40.8 Å². The van der Waals surface area contributed by atoms with Crippen LogP contribution in [0.3, 0.4) is 0 Å². The lowest BCUT2D eigenvalue weighted by Crippen LogP contribution is -2.36. The minimum Gasteiger partial charge on any atom is -0.494 e. The molecule has 0 saturated carbocycles. The van der Waals surface area contributed by atoms with Gasteiger partial charge >= 0.3 is 0 Å². The topological polar surface area (TPSA) is 84.0 Å². The molecule has 7 heteroatoms. The van der Waals surface area contributed by atoms with E-state index in [1.54, 1.807) is 0 Å². The molecule has 0 radical (unpaired) electrons. The van der Waals surface area contributed by atoms with E-state index in [1.807, 2.05) is 45.0 Å². The third-order valence-corrected chi connectivity index (χ3v) is 4.38. The normalized spacial score (nSPS) is 11.0. The average Bonchev–Trinajstić information content (AvgIpc) is 2.76. The zero-order valence-electron chi connectivity index (χ0n) is 19.0. The van der Waals surface area contributed by atoms with Gasteiger partial charge in [-0.15, -0.1) is 0 Å². The van der Waals surface area contributed by atoms with Crippen LogP contribution in [0.4, 0.5) is 0 Å². The largest absolute Gasteiger partial charge is 0.494 e. The summed E-state index contributed by atoms with van der Waals surface area (Å²) < 4.78 is 11.3. The molecule has 0 spiro atoms. The maximum Gasteiger partial charge on any atom is 0.257 e. The number of hydrogen-bond donors (Lipinski definition) is 3. The molecule has 31 heavy (non-hydrogen) atoms. The van der Waals surface area contributed by atoms with E-state index in [2.05, 4.69) is 46.1 Å². The first kappa shape index (κ1) is 24.1. The standard InChI is InChI=1S/C24H34N4O3/c1-5-25-23(29)17-31-21-10-8-9-19(14-21)15-27-24(26-6-2)28-16-20-12-11-18(4)13-22(20)30-7-3/h8-14H,5-7,15-17H2,1-4H3,(H,25,29)(H2,26,27,28). The number of benzene rings is 2. The zero-order valence-corrected chi connectivity index (χ0v) is 19.0. The summed E-state index contributed by atoms with van der Waals surface area (Å²) in [5.41, 5.74) is 3.25. The molecule has 0 heterocycles. The lowest BCUT2D eigenvalue weighted by atomic mass is 10.1. The fourth-order valence-corrected chi connectivity index (χ4v) is 2.92. The second-order valence-corrected chi connectivity index (χ2v) is 6.98. The highest BCUT2D eigenvalue weighted by Crippen LogP contribution is 2.20. The van der Waals surface area contributed by atoms with Crippen molar-refractivity contribution in [1.82, 2.24) is 16.0 Å². The first-order valence-corrected chi connectivity index (χ1v) is 10.8. The van der Waals surface area contributed by atoms with Crippen molar-refractivity contribution >= 4 is 11.9 Å². The molecule has 2 aromatic carbocycles. The molecular weight excluding hydrogens is 392 g/mol. The van der Waals surface area contributed by atoms with Gasteiger partial charge in [0.2, 0.25) is 0 Å². The molecule has 0 bridgehead atoms. The smallest absolute Gasteiger partial charge is 0.257 e. The fraction of sp³-hybridized carbons (Fsp3) is 0.417. The van der Waals surface area contributed by atoms with Gasteiger partial charge in [-0.3, -0.25) is 4.79 Å². The van der Waals surface area contributed by atoms with Crippen molar-refractivity contribution in [2.24, 2.45) is 4.99 Å². The summed E-state index contributed by atoms with van der Waals surface area (Å²) in [7, 11) is 0. The Morgan fingerprint density at radius 1 is 0.968 bits per heavy atom. The van der Waals surface area contributed by atoms with Crippen LogP contribution in [-0.2, 0) is 17.9 Å². The van der Waals surface area contributed by atoms with Gasteiger partial charge < -0.3 is 25.4 Å². The molecule has 0 saturated heterocycles. The lowest BCUT2D eigenvalue weighted by molar-refractivity contribution is -0.122. The van der Waals surface area contributed by atoms with Crippen molar-refractivity contribution in [1.29, 1.82) is 0 Å². The monoisotopic (exact) mass is 426 g/mol. The Hall–Kier alpha value is -3.22. The SMILES string of the molecule is CCNC(=O)COc1cccc(CN=C(NCC)NCc2ccc(C)cc2OCC)c1. The summed E-state index contributed by atoms with van der Waals surface area (Å²) in [4.78, 5) is 16.3. The number of aryl methyl sites for hydroxylation is 1. The molecule has 2 rings (SSSR count). The molecule has 0 atom stereocenters. The van der Waals surface area contributed by atoms with E-state index in [0.717, 1.165) is 29.4 Å². The summed E-state index contributed by atoms with van der Waals surface area (Å²) in [6, 6.07) is 13.8. The summed E-state index contributed by atoms with van der Waals surface area (Å²) >= 11 is 0. The number of rotatable bonds is 11. The number of carbonyl (C=O) groups excluding carboxylic acids is 1. The zero-order chi connectivity index (χ0) is 22.5. The molecule has 168 valence electrons. The van der Waals surface area contributed by atoms with Crippen LogP contribution in [0.15, 0.2) is 47.5 Å². The van der Waals surface area contributed by atoms with Crippen molar-refractivity contribution in [3.8, 4) is 11.5 Å². The predicted molar refractivity (Wildman–Crippen MR) is 125 cm³/mol. The van der Waals surface area contributed by atoms with E-state index in [-0.39, 0.29) is 12.5 Å². The quantitative estimate of drug-likeness (QED) is 0.380. The molecular formula is C24H34N4O3. The number of aliphatic imine (C=N–C) groups is 1. The van der Waals surface area contributed by atoms with Crippen molar-refractivity contribution in [3.05, 3.63) is 59.2 Å². The number of carbonyl (C=O) groups is 1. The van der Waals surface area contributed by atoms with Crippen molar-refractivity contribution in [3.63, 3.8) is 0 Å². The van der Waals surface area contributed by atoms with E-state index in [0.29, 0.717) is 32.0 Å². The lowest BCUT2D eigenvalue weighted by Gasteiger charge is -2.15. The second kappa shape index (κ2) is 13.2. The minimum absolute atomic E-state index is 0.00344. The minimum atomic E-state index is -0.132. The van der Waals surface area contributed by atoms with Gasteiger partial charge in [-0.1, -0.05) is 24.3 Å². The van der Waals surface area contributed by atoms with Crippen molar-refractivity contribution < 1.29 is 14.3 Å². The second-order valence-electron chi connectivity index (χ2n) is 6.98. The van der Waals surface area contributed by atoms with Gasteiger partial charge in [0.05, 0.1) is 13.2 Å². The average molecular weight is 427 g/mol. The van der Waals surface area contributed by atoms with Crippen molar-refractivity contribution in [2.75, 3.05) is 26.3 Å². The van der Waals surface area contributed by atoms with E-state index < -0.39 is 0 Å². The van der Waals surface area contributed by atoms with Crippen LogP contribution in [0.1, 0.15) is 37.5 Å². The number of hydrogen-bond acceptors (Lipinski definition) is 4. The number of nitrogens with one attached hydrogen (secondary N) is 3. The highest BCUT2D eigenvalue weighted by atomic mass is 16.5. The molecule has 7 nitrogen and oxygen atoms in total. The van der Waals surface area contributed by atoms with E-state index >= 15 is 0 Å². The molecule has 0 aromatic heterocycles. The van der Waals surface area contributed by atoms with Gasteiger partial charge in [0.15, 0.2) is 12.6 Å². The summed E-state index contributed by atoms with van der Waals surface area (Å²) in [6.07, 6.45) is 0. The van der Waals surface area contributed by atoms with Gasteiger partial charge in [-0.2, -0.15) is 0 Å². The Morgan fingerprint density at radius 3 is 2.52 bits per heavy atom. The summed E-state index contributed by atoms with van der Waals surface area (Å²) in [5.74, 6) is 2.13. The first-order valence-electron chi connectivity index (χ1n) is 10.8. The van der Waals surface area contributed by atoms with Gasteiger partial charge in [-0.25, -0.2) is 4.99 Å². The Balaban J connectivity index is 2.00. The van der Waals surface area contributed by atoms with Gasteiger partial charge in [0, 0.05) is 25.2 Å². The van der Waals surface area contributed by atoms with Crippen LogP contribution in [0, 0.1) is 6.92 Å². The Kier molecular flexibility index (Phi) is 10.2. The first-order chi connectivity index (χ1) is 15.0. The van der Waals surface area contributed by atoms with Crippen LogP contribution >= 0.6 is 0 Å². The highest BCUT2D eigenvalue weighted by molar-refractivity contribution is 5.79. The molecule has 0 aliphatic carbocycles. The number of likely N-dealkylation sites (N-methyl/N-ethyl adjacent to an activating group) is 1. The maximum absolute atomic E-state index is 11.6. The van der Waals surface area contributed by atoms with Gasteiger partial charge in [-0.05, 0) is 57.0 Å². The Bertz CT molecular complexity index is 868. The van der Waals surface area contributed by atoms with E-state index in [1.165, 1.54) is 5.56 Å². The van der Waals surface area contributed by atoms with Gasteiger partial charge in [0.25, 0.3) is 5.91 Å². The Morgan fingerprint density at radius 2 is 1.77 bits per heavy atom. The number of nitrogens with zero attached hydrogens (tertiary/aromatic N) is 1. The van der Waals surface area contributed by atoms with Crippen LogP contribution in [0.2, 0.25) is 0 Å². The fourth-order valence-electron chi connectivity index (χ4n) is 2.92. The molecule has 3 N–H and O–H groups in total. The van der Waals surface area contributed by atoms with E-state index in [9.17, 15) is 4.79 Å². The van der Waals surface area contributed by atoms with Crippen LogP contribution in [-0.4, -0.2) is 38.2 Å². The number of guanidine groups is 1. The molecule has 0 unspecified atom stereocenters. The summed E-state index contributed by atoms with van der Waals surface area (Å²) in [5, 5.41) is 9.35. The molecule has 0 aliphatic heterocycles. The summed E-state index contributed by atoms with van der Waals surface area (Å²) in [6.45, 7) is 11.0. The van der Waals surface area contributed by atoms with Crippen LogP contribution in [0.5, 0.6) is 11.5 Å². The van der Waals surface area contributed by atoms with E-state index in [4.69, 9.17) is 9.47 Å². The molecule has 0 aliphatic rings. The third-order valence-electron chi connectivity index (χ3n) is 4.38. The number of amides is 1.